The molecule has 0 spiro atoms. The monoisotopic (exact) mass is 351 g/mol. The van der Waals surface area contributed by atoms with Crippen molar-refractivity contribution in [3.05, 3.63) is 70.8 Å². The van der Waals surface area contributed by atoms with E-state index in [1.54, 1.807) is 18.2 Å². The van der Waals surface area contributed by atoms with E-state index in [1.165, 1.54) is 11.1 Å². The van der Waals surface area contributed by atoms with E-state index in [0.29, 0.717) is 16.3 Å². The Morgan fingerprint density at radius 3 is 2.72 bits per heavy atom. The van der Waals surface area contributed by atoms with Crippen molar-refractivity contribution in [2.45, 2.75) is 6.42 Å². The van der Waals surface area contributed by atoms with Crippen molar-refractivity contribution in [2.24, 2.45) is 0 Å². The smallest absolute Gasteiger partial charge is 0.238 e. The van der Waals surface area contributed by atoms with Crippen LogP contribution in [0.15, 0.2) is 54.6 Å². The van der Waals surface area contributed by atoms with Crippen molar-refractivity contribution in [3.8, 4) is 6.07 Å². The maximum Gasteiger partial charge on any atom is 0.238 e. The average Bonchev–Trinajstić information content (AvgIpc) is 2.63. The molecule has 0 aromatic heterocycles. The zero-order valence-corrected chi connectivity index (χ0v) is 14.5. The molecule has 2 aromatic carbocycles. The lowest BCUT2D eigenvalue weighted by Gasteiger charge is -2.26. The zero-order chi connectivity index (χ0) is 17.6. The fourth-order valence-electron chi connectivity index (χ4n) is 2.88. The van der Waals surface area contributed by atoms with Crippen LogP contribution >= 0.6 is 11.6 Å². The van der Waals surface area contributed by atoms with Crippen molar-refractivity contribution in [3.63, 3.8) is 0 Å². The van der Waals surface area contributed by atoms with Gasteiger partial charge in [0.1, 0.15) is 6.07 Å². The zero-order valence-electron chi connectivity index (χ0n) is 13.7. The number of halogens is 1. The van der Waals surface area contributed by atoms with Crippen LogP contribution in [-0.2, 0) is 4.79 Å². The first-order valence-corrected chi connectivity index (χ1v) is 8.50. The van der Waals surface area contributed by atoms with E-state index in [0.717, 1.165) is 19.5 Å². The highest BCUT2D eigenvalue weighted by molar-refractivity contribution is 6.31. The van der Waals surface area contributed by atoms with Gasteiger partial charge in [-0.3, -0.25) is 9.69 Å². The number of nitrogens with zero attached hydrogens (tertiary/aromatic N) is 2. The van der Waals surface area contributed by atoms with Crippen LogP contribution in [0.2, 0.25) is 5.02 Å². The molecule has 2 aromatic rings. The van der Waals surface area contributed by atoms with Crippen molar-refractivity contribution in [1.29, 1.82) is 5.26 Å². The van der Waals surface area contributed by atoms with Crippen LogP contribution in [0.1, 0.15) is 17.5 Å². The summed E-state index contributed by atoms with van der Waals surface area (Å²) in [6.45, 7) is 1.85. The minimum absolute atomic E-state index is 0.143. The second-order valence-corrected chi connectivity index (χ2v) is 6.37. The molecule has 25 heavy (non-hydrogen) atoms. The molecule has 0 atom stereocenters. The Labute approximate surface area is 152 Å². The summed E-state index contributed by atoms with van der Waals surface area (Å²) in [6, 6.07) is 17.2. The first-order valence-electron chi connectivity index (χ1n) is 8.12. The molecule has 0 aliphatic carbocycles. The van der Waals surface area contributed by atoms with Crippen LogP contribution < -0.4 is 5.32 Å². The van der Waals surface area contributed by atoms with Crippen LogP contribution in [-0.4, -0.2) is 30.4 Å². The molecule has 1 heterocycles. The molecule has 1 aliphatic rings. The van der Waals surface area contributed by atoms with Crippen molar-refractivity contribution in [1.82, 2.24) is 4.90 Å². The van der Waals surface area contributed by atoms with Gasteiger partial charge in [-0.25, -0.2) is 0 Å². The molecule has 1 N–H and O–H groups in total. The third-order valence-corrected chi connectivity index (χ3v) is 4.42. The van der Waals surface area contributed by atoms with E-state index in [9.17, 15) is 4.79 Å². The second kappa shape index (κ2) is 7.98. The Hall–Kier alpha value is -2.61. The molecule has 0 saturated carbocycles. The number of nitrogens with one attached hydrogen (secondary N) is 1. The summed E-state index contributed by atoms with van der Waals surface area (Å²) < 4.78 is 0. The van der Waals surface area contributed by atoms with Gasteiger partial charge in [-0.15, -0.1) is 0 Å². The van der Waals surface area contributed by atoms with Gasteiger partial charge < -0.3 is 5.32 Å². The van der Waals surface area contributed by atoms with Gasteiger partial charge in [0, 0.05) is 18.1 Å². The van der Waals surface area contributed by atoms with Crippen LogP contribution in [0.3, 0.4) is 0 Å². The molecular weight excluding hydrogens is 334 g/mol. The summed E-state index contributed by atoms with van der Waals surface area (Å²) in [5.41, 5.74) is 3.42. The van der Waals surface area contributed by atoms with E-state index < -0.39 is 0 Å². The number of amides is 1. The largest absolute Gasteiger partial charge is 0.324 e. The molecule has 3 rings (SSSR count). The maximum absolute atomic E-state index is 12.3. The van der Waals surface area contributed by atoms with E-state index >= 15 is 0 Å². The van der Waals surface area contributed by atoms with E-state index in [4.69, 9.17) is 16.9 Å². The number of carbonyl (C=O) groups excluding carboxylic acids is 1. The predicted molar refractivity (Wildman–Crippen MR) is 100 cm³/mol. The topological polar surface area (TPSA) is 56.1 Å². The maximum atomic E-state index is 12.3. The standard InChI is InChI=1S/C20H18ClN3O/c21-18-7-6-17(13-22)19(12-18)23-20(25)14-24-10-8-16(9-11-24)15-4-2-1-3-5-15/h1-8,12H,9-11,14H2,(H,23,25). The molecule has 0 unspecified atom stereocenters. The highest BCUT2D eigenvalue weighted by atomic mass is 35.5. The Morgan fingerprint density at radius 1 is 1.24 bits per heavy atom. The van der Waals surface area contributed by atoms with Crippen LogP contribution in [0.25, 0.3) is 5.57 Å². The normalized spacial score (nSPS) is 14.5. The first kappa shape index (κ1) is 17.2. The molecule has 1 aliphatic heterocycles. The molecule has 5 heteroatoms. The van der Waals surface area contributed by atoms with Gasteiger partial charge in [0.25, 0.3) is 0 Å². The Kier molecular flexibility index (Phi) is 5.49. The summed E-state index contributed by atoms with van der Waals surface area (Å²) >= 11 is 5.94. The van der Waals surface area contributed by atoms with Gasteiger partial charge in [-0.05, 0) is 35.8 Å². The number of nitriles is 1. The summed E-state index contributed by atoms with van der Waals surface area (Å²) in [6.07, 6.45) is 3.09. The predicted octanol–water partition coefficient (Wildman–Crippen LogP) is 3.94. The van der Waals surface area contributed by atoms with Crippen molar-refractivity contribution in [2.75, 3.05) is 25.0 Å². The minimum atomic E-state index is -0.143. The quantitative estimate of drug-likeness (QED) is 0.907. The Balaban J connectivity index is 1.59. The number of rotatable bonds is 4. The van der Waals surface area contributed by atoms with Crippen molar-refractivity contribution >= 4 is 28.8 Å². The summed E-state index contributed by atoms with van der Waals surface area (Å²) in [5.74, 6) is -0.143. The summed E-state index contributed by atoms with van der Waals surface area (Å²) in [4.78, 5) is 14.4. The third kappa shape index (κ3) is 4.48. The van der Waals surface area contributed by atoms with Crippen LogP contribution in [0, 0.1) is 11.3 Å². The van der Waals surface area contributed by atoms with Crippen molar-refractivity contribution < 1.29 is 4.79 Å². The van der Waals surface area contributed by atoms with Gasteiger partial charge in [0.15, 0.2) is 0 Å². The highest BCUT2D eigenvalue weighted by Gasteiger charge is 2.16. The van der Waals surface area contributed by atoms with Gasteiger partial charge in [0.05, 0.1) is 17.8 Å². The Morgan fingerprint density at radius 2 is 2.04 bits per heavy atom. The molecule has 0 bridgehead atoms. The van der Waals surface area contributed by atoms with E-state index in [-0.39, 0.29) is 12.5 Å². The number of anilines is 1. The minimum Gasteiger partial charge on any atom is -0.324 e. The SMILES string of the molecule is N#Cc1ccc(Cl)cc1NC(=O)CN1CC=C(c2ccccc2)CC1. The molecule has 0 saturated heterocycles. The molecule has 0 fully saturated rings. The van der Waals surface area contributed by atoms with Gasteiger partial charge in [-0.2, -0.15) is 5.26 Å². The average molecular weight is 352 g/mol. The van der Waals surface area contributed by atoms with Gasteiger partial charge >= 0.3 is 0 Å². The first-order chi connectivity index (χ1) is 12.2. The van der Waals surface area contributed by atoms with Gasteiger partial charge in [0.2, 0.25) is 5.91 Å². The molecule has 1 amide bonds. The third-order valence-electron chi connectivity index (χ3n) is 4.18. The number of hydrogen-bond acceptors (Lipinski definition) is 3. The molecular formula is C20H18ClN3O. The van der Waals surface area contributed by atoms with Crippen LogP contribution in [0.4, 0.5) is 5.69 Å². The molecule has 126 valence electrons. The fourth-order valence-corrected chi connectivity index (χ4v) is 3.05. The van der Waals surface area contributed by atoms with E-state index in [2.05, 4.69) is 34.5 Å². The number of hydrogen-bond donors (Lipinski definition) is 1. The highest BCUT2D eigenvalue weighted by Crippen LogP contribution is 2.23. The number of carbonyl (C=O) groups is 1. The number of benzene rings is 2. The lowest BCUT2D eigenvalue weighted by atomic mass is 10.00. The molecule has 0 radical (unpaired) electrons. The lowest BCUT2D eigenvalue weighted by molar-refractivity contribution is -0.117. The fraction of sp³-hybridized carbons (Fsp3) is 0.200. The lowest BCUT2D eigenvalue weighted by Crippen LogP contribution is -2.36. The Bertz CT molecular complexity index is 840. The van der Waals surface area contributed by atoms with Crippen LogP contribution in [0.5, 0.6) is 0 Å². The van der Waals surface area contributed by atoms with E-state index in [1.807, 2.05) is 18.2 Å². The summed E-state index contributed by atoms with van der Waals surface area (Å²) in [5, 5.41) is 12.4. The molecule has 4 nitrogen and oxygen atoms in total. The summed E-state index contributed by atoms with van der Waals surface area (Å²) in [7, 11) is 0. The van der Waals surface area contributed by atoms with Gasteiger partial charge in [-0.1, -0.05) is 48.0 Å². The second-order valence-electron chi connectivity index (χ2n) is 5.93.